The van der Waals surface area contributed by atoms with Crippen molar-refractivity contribution >= 4 is 17.4 Å². The highest BCUT2D eigenvalue weighted by molar-refractivity contribution is 5.95. The summed E-state index contributed by atoms with van der Waals surface area (Å²) in [6.45, 7) is 5.27. The number of Topliss-reactive ketones (excluding diaryl/α,β-unsaturated/α-hetero) is 1. The number of aryl methyl sites for hydroxylation is 2. The fourth-order valence-electron chi connectivity index (χ4n) is 2.39. The molecule has 0 aliphatic carbocycles. The molecular weight excluding hydrogens is 306 g/mol. The van der Waals surface area contributed by atoms with Gasteiger partial charge in [0.15, 0.2) is 23.9 Å². The minimum Gasteiger partial charge on any atom is -0.493 e. The minimum absolute atomic E-state index is 0.0626. The predicted molar refractivity (Wildman–Crippen MR) is 93.0 cm³/mol. The van der Waals surface area contributed by atoms with Gasteiger partial charge in [-0.25, -0.2) is 0 Å². The van der Waals surface area contributed by atoms with Crippen LogP contribution in [0, 0.1) is 13.8 Å². The van der Waals surface area contributed by atoms with E-state index in [-0.39, 0.29) is 18.3 Å². The molecule has 0 atom stereocenters. The van der Waals surface area contributed by atoms with Crippen LogP contribution in [0.1, 0.15) is 28.4 Å². The predicted octanol–water partition coefficient (Wildman–Crippen LogP) is 3.53. The third-order valence-corrected chi connectivity index (χ3v) is 3.43. The second-order valence-electron chi connectivity index (χ2n) is 5.64. The zero-order valence-electron chi connectivity index (χ0n) is 14.3. The average molecular weight is 327 g/mol. The Labute approximate surface area is 141 Å². The molecule has 0 aliphatic rings. The number of ketones is 1. The van der Waals surface area contributed by atoms with Crippen molar-refractivity contribution in [2.45, 2.75) is 20.8 Å². The third-order valence-electron chi connectivity index (χ3n) is 3.43. The number of amides is 1. The number of rotatable bonds is 6. The summed E-state index contributed by atoms with van der Waals surface area (Å²) < 4.78 is 10.7. The summed E-state index contributed by atoms with van der Waals surface area (Å²) in [6.07, 6.45) is 0. The fourth-order valence-corrected chi connectivity index (χ4v) is 2.39. The molecule has 2 aromatic carbocycles. The Morgan fingerprint density at radius 1 is 1.00 bits per heavy atom. The summed E-state index contributed by atoms with van der Waals surface area (Å²) in [6, 6.07) is 10.7. The molecule has 2 aromatic rings. The summed E-state index contributed by atoms with van der Waals surface area (Å²) in [5.41, 5.74) is 3.42. The number of methoxy groups -OCH3 is 1. The van der Waals surface area contributed by atoms with Crippen LogP contribution >= 0.6 is 0 Å². The lowest BCUT2D eigenvalue weighted by Gasteiger charge is -2.12. The summed E-state index contributed by atoms with van der Waals surface area (Å²) >= 11 is 0. The van der Waals surface area contributed by atoms with E-state index in [9.17, 15) is 9.59 Å². The van der Waals surface area contributed by atoms with Crippen molar-refractivity contribution in [1.82, 2.24) is 0 Å². The smallest absolute Gasteiger partial charge is 0.262 e. The van der Waals surface area contributed by atoms with Crippen molar-refractivity contribution in [1.29, 1.82) is 0 Å². The van der Waals surface area contributed by atoms with Crippen molar-refractivity contribution < 1.29 is 19.1 Å². The van der Waals surface area contributed by atoms with Crippen LogP contribution in [0.2, 0.25) is 0 Å². The molecule has 0 unspecified atom stereocenters. The van der Waals surface area contributed by atoms with Gasteiger partial charge in [0, 0.05) is 11.3 Å². The van der Waals surface area contributed by atoms with Gasteiger partial charge in [-0.1, -0.05) is 6.07 Å². The Bertz CT molecular complexity index is 748. The third kappa shape index (κ3) is 4.59. The van der Waals surface area contributed by atoms with Crippen LogP contribution in [0.3, 0.4) is 0 Å². The maximum absolute atomic E-state index is 12.1. The van der Waals surface area contributed by atoms with E-state index in [0.29, 0.717) is 17.1 Å². The van der Waals surface area contributed by atoms with E-state index in [1.165, 1.54) is 14.0 Å². The van der Waals surface area contributed by atoms with Crippen molar-refractivity contribution in [3.63, 3.8) is 0 Å². The van der Waals surface area contributed by atoms with Gasteiger partial charge in [0.05, 0.1) is 7.11 Å². The Morgan fingerprint density at radius 2 is 1.67 bits per heavy atom. The van der Waals surface area contributed by atoms with Crippen LogP contribution in [0.25, 0.3) is 0 Å². The molecule has 0 heterocycles. The van der Waals surface area contributed by atoms with Crippen LogP contribution in [0.15, 0.2) is 36.4 Å². The lowest BCUT2D eigenvalue weighted by atomic mass is 10.1. The molecule has 2 rings (SSSR count). The number of benzene rings is 2. The molecule has 126 valence electrons. The monoisotopic (exact) mass is 327 g/mol. The van der Waals surface area contributed by atoms with Crippen LogP contribution in [-0.4, -0.2) is 25.4 Å². The van der Waals surface area contributed by atoms with Gasteiger partial charge in [-0.3, -0.25) is 9.59 Å². The molecule has 5 heteroatoms. The number of nitrogens with one attached hydrogen (secondary N) is 1. The van der Waals surface area contributed by atoms with Crippen molar-refractivity contribution in [3.05, 3.63) is 53.1 Å². The zero-order valence-corrected chi connectivity index (χ0v) is 14.3. The highest BCUT2D eigenvalue weighted by Gasteiger charge is 2.11. The molecule has 0 saturated heterocycles. The van der Waals surface area contributed by atoms with Gasteiger partial charge in [0.2, 0.25) is 0 Å². The zero-order chi connectivity index (χ0) is 17.7. The Morgan fingerprint density at radius 3 is 2.25 bits per heavy atom. The molecule has 0 fully saturated rings. The van der Waals surface area contributed by atoms with Crippen LogP contribution in [0.4, 0.5) is 5.69 Å². The SMILES string of the molecule is COc1cc(C(C)=O)ccc1OCC(=O)Nc1cc(C)cc(C)c1. The summed E-state index contributed by atoms with van der Waals surface area (Å²) in [5, 5.41) is 2.80. The summed E-state index contributed by atoms with van der Waals surface area (Å²) in [4.78, 5) is 23.4. The number of anilines is 1. The van der Waals surface area contributed by atoms with Gasteiger partial charge in [-0.15, -0.1) is 0 Å². The van der Waals surface area contributed by atoms with Gasteiger partial charge < -0.3 is 14.8 Å². The summed E-state index contributed by atoms with van der Waals surface area (Å²) in [5.74, 6) is 0.505. The molecule has 0 bridgehead atoms. The van der Waals surface area contributed by atoms with E-state index in [2.05, 4.69) is 5.32 Å². The first-order valence-electron chi connectivity index (χ1n) is 7.59. The number of carbonyl (C=O) groups excluding carboxylic acids is 2. The van der Waals surface area contributed by atoms with E-state index in [4.69, 9.17) is 9.47 Å². The highest BCUT2D eigenvalue weighted by Crippen LogP contribution is 2.28. The largest absolute Gasteiger partial charge is 0.493 e. The Hall–Kier alpha value is -2.82. The molecule has 0 aliphatic heterocycles. The fraction of sp³-hybridized carbons (Fsp3) is 0.263. The van der Waals surface area contributed by atoms with Crippen LogP contribution in [-0.2, 0) is 4.79 Å². The molecule has 0 saturated carbocycles. The number of ether oxygens (including phenoxy) is 2. The van der Waals surface area contributed by atoms with Gasteiger partial charge >= 0.3 is 0 Å². The second kappa shape index (κ2) is 7.64. The maximum atomic E-state index is 12.1. The molecule has 0 radical (unpaired) electrons. The van der Waals surface area contributed by atoms with Gasteiger partial charge in [-0.2, -0.15) is 0 Å². The van der Waals surface area contributed by atoms with Crippen molar-refractivity contribution in [2.24, 2.45) is 0 Å². The first-order valence-corrected chi connectivity index (χ1v) is 7.59. The molecule has 1 amide bonds. The maximum Gasteiger partial charge on any atom is 0.262 e. The highest BCUT2D eigenvalue weighted by atomic mass is 16.5. The molecule has 5 nitrogen and oxygen atoms in total. The van der Waals surface area contributed by atoms with E-state index in [1.807, 2.05) is 32.0 Å². The normalized spacial score (nSPS) is 10.2. The van der Waals surface area contributed by atoms with Gasteiger partial charge in [0.1, 0.15) is 0 Å². The lowest BCUT2D eigenvalue weighted by molar-refractivity contribution is -0.118. The second-order valence-corrected chi connectivity index (χ2v) is 5.64. The van der Waals surface area contributed by atoms with E-state index >= 15 is 0 Å². The number of hydrogen-bond acceptors (Lipinski definition) is 4. The topological polar surface area (TPSA) is 64.6 Å². The first kappa shape index (κ1) is 17.5. The minimum atomic E-state index is -0.266. The standard InChI is InChI=1S/C19H21NO4/c1-12-7-13(2)9-16(8-12)20-19(22)11-24-17-6-5-15(14(3)21)10-18(17)23-4/h5-10H,11H2,1-4H3,(H,20,22). The Balaban J connectivity index is 2.02. The van der Waals surface area contributed by atoms with Crippen LogP contribution in [0.5, 0.6) is 11.5 Å². The van der Waals surface area contributed by atoms with E-state index in [0.717, 1.165) is 16.8 Å². The quantitative estimate of drug-likeness (QED) is 0.824. The number of hydrogen-bond donors (Lipinski definition) is 1. The van der Waals surface area contributed by atoms with Crippen LogP contribution < -0.4 is 14.8 Å². The average Bonchev–Trinajstić information content (AvgIpc) is 2.51. The van der Waals surface area contributed by atoms with Gasteiger partial charge in [0.25, 0.3) is 5.91 Å². The first-order chi connectivity index (χ1) is 11.4. The van der Waals surface area contributed by atoms with E-state index in [1.54, 1.807) is 18.2 Å². The molecule has 24 heavy (non-hydrogen) atoms. The van der Waals surface area contributed by atoms with E-state index < -0.39 is 0 Å². The number of carbonyl (C=O) groups is 2. The van der Waals surface area contributed by atoms with Crippen molar-refractivity contribution in [3.8, 4) is 11.5 Å². The summed E-state index contributed by atoms with van der Waals surface area (Å²) in [7, 11) is 1.49. The molecule has 0 aromatic heterocycles. The lowest BCUT2D eigenvalue weighted by Crippen LogP contribution is -2.20. The molecular formula is C19H21NO4. The van der Waals surface area contributed by atoms with Gasteiger partial charge in [-0.05, 0) is 62.2 Å². The Kier molecular flexibility index (Phi) is 5.58. The molecule has 1 N–H and O–H groups in total. The molecule has 0 spiro atoms. The van der Waals surface area contributed by atoms with Crippen molar-refractivity contribution in [2.75, 3.05) is 19.0 Å².